The van der Waals surface area contributed by atoms with E-state index >= 15 is 0 Å². The van der Waals surface area contributed by atoms with Crippen molar-refractivity contribution < 1.29 is 9.59 Å². The third-order valence-corrected chi connectivity index (χ3v) is 2.34. The van der Waals surface area contributed by atoms with Crippen LogP contribution >= 0.6 is 0 Å². The SMILES string of the molecule is CCCCCCC=O.O=CCc1ccccc1. The fourth-order valence-corrected chi connectivity index (χ4v) is 1.36. The zero-order chi connectivity index (χ0) is 12.8. The highest BCUT2D eigenvalue weighted by molar-refractivity contribution is 5.54. The molecule has 0 saturated carbocycles. The lowest BCUT2D eigenvalue weighted by Gasteiger charge is -1.90. The molecule has 94 valence electrons. The summed E-state index contributed by atoms with van der Waals surface area (Å²) in [6.45, 7) is 2.17. The molecule has 1 aromatic carbocycles. The Kier molecular flexibility index (Phi) is 11.6. The Labute approximate surface area is 104 Å². The minimum absolute atomic E-state index is 0.529. The highest BCUT2D eigenvalue weighted by Gasteiger charge is 1.85. The molecule has 2 nitrogen and oxygen atoms in total. The molecule has 1 rings (SSSR count). The Morgan fingerprint density at radius 3 is 2.18 bits per heavy atom. The molecule has 17 heavy (non-hydrogen) atoms. The van der Waals surface area contributed by atoms with Crippen LogP contribution in [-0.2, 0) is 16.0 Å². The lowest BCUT2D eigenvalue weighted by atomic mass is 10.2. The molecule has 0 radical (unpaired) electrons. The summed E-state index contributed by atoms with van der Waals surface area (Å²) in [5.74, 6) is 0. The van der Waals surface area contributed by atoms with Crippen molar-refractivity contribution in [3.05, 3.63) is 35.9 Å². The van der Waals surface area contributed by atoms with Gasteiger partial charge in [0.1, 0.15) is 12.6 Å². The largest absolute Gasteiger partial charge is 0.303 e. The van der Waals surface area contributed by atoms with Crippen LogP contribution in [0.5, 0.6) is 0 Å². The van der Waals surface area contributed by atoms with Gasteiger partial charge < -0.3 is 9.59 Å². The third kappa shape index (κ3) is 10.8. The molecular formula is C15H22O2. The van der Waals surface area contributed by atoms with E-state index in [1.807, 2.05) is 30.3 Å². The average Bonchev–Trinajstić information content (AvgIpc) is 2.37. The molecule has 1 aromatic rings. The lowest BCUT2D eigenvalue weighted by Crippen LogP contribution is -1.82. The molecule has 0 unspecified atom stereocenters. The summed E-state index contributed by atoms with van der Waals surface area (Å²) in [4.78, 5) is 19.7. The summed E-state index contributed by atoms with van der Waals surface area (Å²) < 4.78 is 0. The highest BCUT2D eigenvalue weighted by Crippen LogP contribution is 1.99. The minimum Gasteiger partial charge on any atom is -0.303 e. The molecule has 0 bridgehead atoms. The van der Waals surface area contributed by atoms with Gasteiger partial charge in [-0.2, -0.15) is 0 Å². The summed E-state index contributed by atoms with van der Waals surface area (Å²) in [5.41, 5.74) is 1.08. The van der Waals surface area contributed by atoms with Crippen LogP contribution in [0.2, 0.25) is 0 Å². The first-order valence-electron chi connectivity index (χ1n) is 6.26. The first-order chi connectivity index (χ1) is 8.35. The number of hydrogen-bond donors (Lipinski definition) is 0. The van der Waals surface area contributed by atoms with Gasteiger partial charge in [-0.1, -0.05) is 56.5 Å². The van der Waals surface area contributed by atoms with Crippen LogP contribution in [0.25, 0.3) is 0 Å². The zero-order valence-corrected chi connectivity index (χ0v) is 10.6. The first kappa shape index (κ1) is 15.6. The number of unbranched alkanes of at least 4 members (excludes halogenated alkanes) is 4. The molecule has 2 heteroatoms. The summed E-state index contributed by atoms with van der Waals surface area (Å²) in [7, 11) is 0. The van der Waals surface area contributed by atoms with Gasteiger partial charge in [-0.3, -0.25) is 0 Å². The van der Waals surface area contributed by atoms with E-state index in [4.69, 9.17) is 0 Å². The van der Waals surface area contributed by atoms with Crippen molar-refractivity contribution in [1.82, 2.24) is 0 Å². The highest BCUT2D eigenvalue weighted by atomic mass is 16.1. The second kappa shape index (κ2) is 12.6. The van der Waals surface area contributed by atoms with Crippen molar-refractivity contribution in [2.45, 2.75) is 45.4 Å². The van der Waals surface area contributed by atoms with Crippen molar-refractivity contribution in [3.8, 4) is 0 Å². The van der Waals surface area contributed by atoms with Crippen LogP contribution in [0, 0.1) is 0 Å². The van der Waals surface area contributed by atoms with E-state index in [1.165, 1.54) is 19.3 Å². The van der Waals surface area contributed by atoms with Gasteiger partial charge in [-0.05, 0) is 12.0 Å². The Morgan fingerprint density at radius 2 is 1.65 bits per heavy atom. The maximum Gasteiger partial charge on any atom is 0.124 e. The third-order valence-electron chi connectivity index (χ3n) is 2.34. The number of carbonyl (C=O) groups is 2. The smallest absolute Gasteiger partial charge is 0.124 e. The molecule has 0 N–H and O–H groups in total. The lowest BCUT2D eigenvalue weighted by molar-refractivity contribution is -0.108. The normalized spacial score (nSPS) is 9.00. The molecule has 0 aliphatic carbocycles. The van der Waals surface area contributed by atoms with E-state index in [9.17, 15) is 9.59 Å². The second-order valence-corrected chi connectivity index (χ2v) is 3.87. The van der Waals surface area contributed by atoms with E-state index in [2.05, 4.69) is 6.92 Å². The van der Waals surface area contributed by atoms with E-state index in [1.54, 1.807) is 0 Å². The van der Waals surface area contributed by atoms with Crippen molar-refractivity contribution in [2.24, 2.45) is 0 Å². The summed E-state index contributed by atoms with van der Waals surface area (Å²) >= 11 is 0. The summed E-state index contributed by atoms with van der Waals surface area (Å²) in [6, 6.07) is 9.68. The van der Waals surface area contributed by atoms with Crippen molar-refractivity contribution >= 4 is 12.6 Å². The Balaban J connectivity index is 0.000000304. The molecule has 0 atom stereocenters. The Morgan fingerprint density at radius 1 is 0.941 bits per heavy atom. The van der Waals surface area contributed by atoms with E-state index in [-0.39, 0.29) is 0 Å². The fraction of sp³-hybridized carbons (Fsp3) is 0.467. The number of carbonyl (C=O) groups excluding carboxylic acids is 2. The molecule has 0 aromatic heterocycles. The standard InChI is InChI=1S/C8H8O.C7H14O/c9-7-6-8-4-2-1-3-5-8;1-2-3-4-5-6-7-8/h1-5,7H,6H2;7H,2-6H2,1H3. The van der Waals surface area contributed by atoms with Crippen LogP contribution in [0.4, 0.5) is 0 Å². The van der Waals surface area contributed by atoms with Gasteiger partial charge in [-0.15, -0.1) is 0 Å². The molecule has 0 fully saturated rings. The number of rotatable bonds is 7. The molecule has 0 saturated heterocycles. The van der Waals surface area contributed by atoms with Crippen molar-refractivity contribution in [2.75, 3.05) is 0 Å². The summed E-state index contributed by atoms with van der Waals surface area (Å²) in [5, 5.41) is 0. The van der Waals surface area contributed by atoms with Crippen LogP contribution in [0.3, 0.4) is 0 Å². The predicted octanol–water partition coefficient (Wildman–Crippen LogP) is 3.58. The van der Waals surface area contributed by atoms with Crippen LogP contribution in [-0.4, -0.2) is 12.6 Å². The van der Waals surface area contributed by atoms with Gasteiger partial charge in [0, 0.05) is 12.8 Å². The molecule has 0 heterocycles. The number of benzene rings is 1. The van der Waals surface area contributed by atoms with Gasteiger partial charge in [0.25, 0.3) is 0 Å². The maximum atomic E-state index is 9.97. The molecule has 0 spiro atoms. The number of aldehydes is 2. The van der Waals surface area contributed by atoms with Gasteiger partial charge in [0.15, 0.2) is 0 Å². The van der Waals surface area contributed by atoms with E-state index in [0.717, 1.165) is 31.0 Å². The second-order valence-electron chi connectivity index (χ2n) is 3.87. The van der Waals surface area contributed by atoms with Crippen LogP contribution in [0.15, 0.2) is 30.3 Å². The first-order valence-corrected chi connectivity index (χ1v) is 6.26. The van der Waals surface area contributed by atoms with E-state index < -0.39 is 0 Å². The van der Waals surface area contributed by atoms with Gasteiger partial charge in [-0.25, -0.2) is 0 Å². The molecule has 0 amide bonds. The average molecular weight is 234 g/mol. The zero-order valence-electron chi connectivity index (χ0n) is 10.6. The number of hydrogen-bond acceptors (Lipinski definition) is 2. The summed E-state index contributed by atoms with van der Waals surface area (Å²) in [6.07, 6.45) is 8.01. The van der Waals surface area contributed by atoms with Crippen molar-refractivity contribution in [3.63, 3.8) is 0 Å². The molecule has 0 aliphatic rings. The topological polar surface area (TPSA) is 34.1 Å². The maximum absolute atomic E-state index is 9.97. The van der Waals surface area contributed by atoms with E-state index in [0.29, 0.717) is 6.42 Å². The molecular weight excluding hydrogens is 212 g/mol. The van der Waals surface area contributed by atoms with Crippen LogP contribution in [0.1, 0.15) is 44.6 Å². The van der Waals surface area contributed by atoms with Gasteiger partial charge in [0.05, 0.1) is 0 Å². The van der Waals surface area contributed by atoms with Crippen molar-refractivity contribution in [1.29, 1.82) is 0 Å². The predicted molar refractivity (Wildman–Crippen MR) is 71.0 cm³/mol. The monoisotopic (exact) mass is 234 g/mol. The quantitative estimate of drug-likeness (QED) is 0.533. The van der Waals surface area contributed by atoms with Gasteiger partial charge in [0.2, 0.25) is 0 Å². The van der Waals surface area contributed by atoms with Gasteiger partial charge >= 0.3 is 0 Å². The minimum atomic E-state index is 0.529. The van der Waals surface area contributed by atoms with Crippen LogP contribution < -0.4 is 0 Å². The Bertz CT molecular complexity index is 280. The Hall–Kier alpha value is -1.44. The molecule has 0 aliphatic heterocycles. The fourth-order valence-electron chi connectivity index (χ4n) is 1.36.